The fraction of sp³-hybridized carbons (Fsp3) is 0.667. The fourth-order valence-electron chi connectivity index (χ4n) is 3.20. The molecule has 3 heteroatoms. The predicted octanol–water partition coefficient (Wildman–Crippen LogP) is 3.01. The Labute approximate surface area is 129 Å². The van der Waals surface area contributed by atoms with Gasteiger partial charge in [-0.15, -0.1) is 0 Å². The molecule has 0 bridgehead atoms. The molecule has 1 aliphatic rings. The summed E-state index contributed by atoms with van der Waals surface area (Å²) in [4.78, 5) is 2.62. The van der Waals surface area contributed by atoms with Gasteiger partial charge in [0.2, 0.25) is 0 Å². The van der Waals surface area contributed by atoms with Gasteiger partial charge in [0, 0.05) is 20.3 Å². The molecule has 1 N–H and O–H groups in total. The van der Waals surface area contributed by atoms with Crippen molar-refractivity contribution in [2.45, 2.75) is 38.1 Å². The largest absolute Gasteiger partial charge is 0.385 e. The van der Waals surface area contributed by atoms with Gasteiger partial charge in [-0.1, -0.05) is 30.3 Å². The summed E-state index contributed by atoms with van der Waals surface area (Å²) in [5.41, 5.74) is 1.47. The molecular formula is C18H30N2O. The summed E-state index contributed by atoms with van der Waals surface area (Å²) in [6.45, 7) is 7.84. The highest BCUT2D eigenvalue weighted by Gasteiger charge is 2.30. The lowest BCUT2D eigenvalue weighted by Gasteiger charge is -2.34. The van der Waals surface area contributed by atoms with E-state index >= 15 is 0 Å². The molecule has 1 fully saturated rings. The van der Waals surface area contributed by atoms with Crippen LogP contribution >= 0.6 is 0 Å². The lowest BCUT2D eigenvalue weighted by Crippen LogP contribution is -2.46. The number of hydrogen-bond acceptors (Lipinski definition) is 3. The van der Waals surface area contributed by atoms with Gasteiger partial charge in [-0.25, -0.2) is 0 Å². The molecule has 1 atom stereocenters. The summed E-state index contributed by atoms with van der Waals surface area (Å²) in [6, 6.07) is 10.9. The van der Waals surface area contributed by atoms with Crippen LogP contribution in [0, 0.1) is 0 Å². The second-order valence-electron chi connectivity index (χ2n) is 6.31. The van der Waals surface area contributed by atoms with Crippen LogP contribution < -0.4 is 5.32 Å². The van der Waals surface area contributed by atoms with Crippen LogP contribution in [0.15, 0.2) is 30.3 Å². The normalized spacial score (nSPS) is 23.9. The van der Waals surface area contributed by atoms with E-state index in [-0.39, 0.29) is 5.54 Å². The summed E-state index contributed by atoms with van der Waals surface area (Å²) < 4.78 is 5.12. The molecule has 21 heavy (non-hydrogen) atoms. The third kappa shape index (κ3) is 5.10. The molecule has 118 valence electrons. The lowest BCUT2D eigenvalue weighted by molar-refractivity contribution is 0.185. The van der Waals surface area contributed by atoms with Gasteiger partial charge in [0.1, 0.15) is 0 Å². The number of hydrogen-bond donors (Lipinski definition) is 1. The van der Waals surface area contributed by atoms with Crippen molar-refractivity contribution < 1.29 is 4.74 Å². The van der Waals surface area contributed by atoms with E-state index in [9.17, 15) is 0 Å². The van der Waals surface area contributed by atoms with Gasteiger partial charge in [0.25, 0.3) is 0 Å². The summed E-state index contributed by atoms with van der Waals surface area (Å²) >= 11 is 0. The van der Waals surface area contributed by atoms with Crippen molar-refractivity contribution in [2.75, 3.05) is 39.9 Å². The maximum atomic E-state index is 5.12. The van der Waals surface area contributed by atoms with Crippen LogP contribution in [0.4, 0.5) is 0 Å². The summed E-state index contributed by atoms with van der Waals surface area (Å²) in [5.74, 6) is 0. The van der Waals surface area contributed by atoms with Gasteiger partial charge in [0.05, 0.1) is 5.54 Å². The van der Waals surface area contributed by atoms with Crippen LogP contribution in [0.25, 0.3) is 0 Å². The average molecular weight is 290 g/mol. The van der Waals surface area contributed by atoms with Crippen LogP contribution in [0.3, 0.4) is 0 Å². The second-order valence-corrected chi connectivity index (χ2v) is 6.31. The molecule has 0 aromatic heterocycles. The predicted molar refractivity (Wildman–Crippen MR) is 88.6 cm³/mol. The molecule has 2 rings (SSSR count). The molecule has 1 aromatic carbocycles. The number of benzene rings is 1. The van der Waals surface area contributed by atoms with Crippen molar-refractivity contribution in [3.63, 3.8) is 0 Å². The van der Waals surface area contributed by atoms with E-state index < -0.39 is 0 Å². The Hall–Kier alpha value is -0.900. The number of rotatable bonds is 7. The van der Waals surface area contributed by atoms with Gasteiger partial charge in [-0.05, 0) is 57.8 Å². The number of nitrogens with one attached hydrogen (secondary N) is 1. The van der Waals surface area contributed by atoms with Crippen molar-refractivity contribution in [1.29, 1.82) is 0 Å². The molecule has 1 saturated heterocycles. The van der Waals surface area contributed by atoms with Crippen molar-refractivity contribution >= 4 is 0 Å². The number of methoxy groups -OCH3 is 1. The highest BCUT2D eigenvalue weighted by Crippen LogP contribution is 2.24. The van der Waals surface area contributed by atoms with Gasteiger partial charge in [-0.2, -0.15) is 0 Å². The molecule has 1 aliphatic heterocycles. The quantitative estimate of drug-likeness (QED) is 0.781. The third-order valence-corrected chi connectivity index (χ3v) is 4.44. The Bertz CT molecular complexity index is 395. The Morgan fingerprint density at radius 2 is 2.00 bits per heavy atom. The first kappa shape index (κ1) is 16.5. The maximum Gasteiger partial charge on any atom is 0.0534 e. The van der Waals surface area contributed by atoms with E-state index in [1.165, 1.54) is 44.3 Å². The number of ether oxygens (including phenoxy) is 1. The van der Waals surface area contributed by atoms with Crippen LogP contribution in [-0.4, -0.2) is 44.8 Å². The van der Waals surface area contributed by atoms with Crippen LogP contribution in [0.2, 0.25) is 0 Å². The topological polar surface area (TPSA) is 24.5 Å². The van der Waals surface area contributed by atoms with E-state index in [2.05, 4.69) is 47.5 Å². The molecule has 0 amide bonds. The third-order valence-electron chi connectivity index (χ3n) is 4.44. The summed E-state index contributed by atoms with van der Waals surface area (Å²) in [5, 5.41) is 3.75. The second kappa shape index (κ2) is 8.52. The van der Waals surface area contributed by atoms with Crippen molar-refractivity contribution in [2.24, 2.45) is 0 Å². The first-order valence-corrected chi connectivity index (χ1v) is 8.26. The minimum atomic E-state index is 0.0737. The average Bonchev–Trinajstić information content (AvgIpc) is 2.71. The minimum absolute atomic E-state index is 0.0737. The summed E-state index contributed by atoms with van der Waals surface area (Å²) in [6.07, 6.45) is 4.95. The molecule has 0 spiro atoms. The van der Waals surface area contributed by atoms with Crippen molar-refractivity contribution in [1.82, 2.24) is 10.2 Å². The molecular weight excluding hydrogens is 260 g/mol. The SMILES string of the molecule is COCCCCCN1CCCNC(C)(c2ccccc2)C1. The Kier molecular flexibility index (Phi) is 6.68. The molecule has 0 radical (unpaired) electrons. The van der Waals surface area contributed by atoms with E-state index in [1.807, 2.05) is 0 Å². The molecule has 1 heterocycles. The Morgan fingerprint density at radius 1 is 1.19 bits per heavy atom. The van der Waals surface area contributed by atoms with Crippen LogP contribution in [0.1, 0.15) is 38.2 Å². The maximum absolute atomic E-state index is 5.12. The van der Waals surface area contributed by atoms with Crippen LogP contribution in [-0.2, 0) is 10.3 Å². The van der Waals surface area contributed by atoms with Gasteiger partial charge in [0.15, 0.2) is 0 Å². The first-order valence-electron chi connectivity index (χ1n) is 8.26. The monoisotopic (exact) mass is 290 g/mol. The molecule has 1 aromatic rings. The smallest absolute Gasteiger partial charge is 0.0534 e. The lowest BCUT2D eigenvalue weighted by atomic mass is 9.91. The molecule has 0 saturated carbocycles. The summed E-state index contributed by atoms with van der Waals surface area (Å²) in [7, 11) is 1.78. The highest BCUT2D eigenvalue weighted by molar-refractivity contribution is 5.24. The highest BCUT2D eigenvalue weighted by atomic mass is 16.5. The fourth-order valence-corrected chi connectivity index (χ4v) is 3.20. The minimum Gasteiger partial charge on any atom is -0.385 e. The van der Waals surface area contributed by atoms with Crippen molar-refractivity contribution in [3.8, 4) is 0 Å². The molecule has 3 nitrogen and oxygen atoms in total. The van der Waals surface area contributed by atoms with E-state index in [0.29, 0.717) is 0 Å². The van der Waals surface area contributed by atoms with E-state index in [1.54, 1.807) is 7.11 Å². The zero-order valence-corrected chi connectivity index (χ0v) is 13.6. The Balaban J connectivity index is 1.89. The molecule has 0 aliphatic carbocycles. The van der Waals surface area contributed by atoms with Crippen LogP contribution in [0.5, 0.6) is 0 Å². The van der Waals surface area contributed by atoms with E-state index in [4.69, 9.17) is 4.74 Å². The zero-order valence-electron chi connectivity index (χ0n) is 13.6. The standard InChI is InChI=1S/C18H30N2O/c1-18(17-10-5-3-6-11-17)16-20(14-9-12-19-18)13-7-4-8-15-21-2/h3,5-6,10-11,19H,4,7-9,12-16H2,1-2H3. The number of unbranched alkanes of at least 4 members (excludes halogenated alkanes) is 2. The molecule has 1 unspecified atom stereocenters. The van der Waals surface area contributed by atoms with Gasteiger partial charge < -0.3 is 15.0 Å². The van der Waals surface area contributed by atoms with Crippen molar-refractivity contribution in [3.05, 3.63) is 35.9 Å². The van der Waals surface area contributed by atoms with Gasteiger partial charge >= 0.3 is 0 Å². The van der Waals surface area contributed by atoms with E-state index in [0.717, 1.165) is 19.7 Å². The Morgan fingerprint density at radius 3 is 2.76 bits per heavy atom. The number of nitrogens with zero attached hydrogens (tertiary/aromatic N) is 1. The van der Waals surface area contributed by atoms with Gasteiger partial charge in [-0.3, -0.25) is 0 Å². The zero-order chi connectivity index (χ0) is 15.0. The first-order chi connectivity index (χ1) is 10.2.